The summed E-state index contributed by atoms with van der Waals surface area (Å²) in [6, 6.07) is 0. The van der Waals surface area contributed by atoms with Crippen molar-refractivity contribution in [2.45, 2.75) is 122 Å². The molecule has 0 bridgehead atoms. The summed E-state index contributed by atoms with van der Waals surface area (Å²) in [5.41, 5.74) is 0. The number of hydrogen-bond acceptors (Lipinski definition) is 4. The van der Waals surface area contributed by atoms with Gasteiger partial charge >= 0.3 is 29.6 Å². The molecule has 3 nitrogen and oxygen atoms in total. The molecular weight excluding hydrogens is 375 g/mol. The van der Waals surface area contributed by atoms with Crippen LogP contribution in [0.4, 0.5) is 0 Å². The third-order valence-corrected chi connectivity index (χ3v) is 6.56. The summed E-state index contributed by atoms with van der Waals surface area (Å²) in [4.78, 5) is 0. The van der Waals surface area contributed by atoms with Gasteiger partial charge in [0.25, 0.3) is 10.1 Å². The first kappa shape index (κ1) is 29.5. The standard InChI is InChI=1S/C20H42O3S2.Na.H/c1-2-3-4-5-6-7-8-9-10-11-12-13-14-15-16-17-18-19-20-25(21,22)23-24;;/h24H,2-20H2,1H3;;. The predicted octanol–water partition coefficient (Wildman–Crippen LogP) is 6.57. The monoisotopic (exact) mass is 418 g/mol. The minimum atomic E-state index is -3.38. The summed E-state index contributed by atoms with van der Waals surface area (Å²) in [7, 11) is -3.38. The fraction of sp³-hybridized carbons (Fsp3) is 1.00. The third kappa shape index (κ3) is 23.3. The number of thiol groups is 1. The van der Waals surface area contributed by atoms with E-state index in [2.05, 4.69) is 23.5 Å². The molecule has 0 N–H and O–H groups in total. The first-order valence-corrected chi connectivity index (χ1v) is 12.6. The summed E-state index contributed by atoms with van der Waals surface area (Å²) >= 11 is 3.35. The maximum absolute atomic E-state index is 11.1. The Labute approximate surface area is 191 Å². The van der Waals surface area contributed by atoms with Crippen LogP contribution in [0.5, 0.6) is 0 Å². The second kappa shape index (κ2) is 22.5. The van der Waals surface area contributed by atoms with E-state index < -0.39 is 10.1 Å². The molecule has 0 saturated carbocycles. The van der Waals surface area contributed by atoms with Crippen LogP contribution in [0.15, 0.2) is 0 Å². The minimum absolute atomic E-state index is 0. The molecule has 0 aliphatic carbocycles. The van der Waals surface area contributed by atoms with Crippen molar-refractivity contribution >= 4 is 52.6 Å². The van der Waals surface area contributed by atoms with Crippen molar-refractivity contribution in [2.24, 2.45) is 0 Å². The summed E-state index contributed by atoms with van der Waals surface area (Å²) in [5, 5.41) is 0. The van der Waals surface area contributed by atoms with Gasteiger partial charge in [-0.3, -0.25) is 0 Å². The van der Waals surface area contributed by atoms with Crippen molar-refractivity contribution < 1.29 is 12.0 Å². The van der Waals surface area contributed by atoms with Gasteiger partial charge in [-0.05, 0) is 19.3 Å². The molecule has 0 unspecified atom stereocenters. The Morgan fingerprint density at radius 3 is 1.12 bits per heavy atom. The molecule has 0 spiro atoms. The second-order valence-corrected chi connectivity index (χ2v) is 9.47. The van der Waals surface area contributed by atoms with E-state index in [0.717, 1.165) is 12.8 Å². The molecule has 0 atom stereocenters. The molecule has 0 saturated heterocycles. The average molecular weight is 419 g/mol. The summed E-state index contributed by atoms with van der Waals surface area (Å²) in [6.45, 7) is 2.27. The molecule has 0 aromatic heterocycles. The van der Waals surface area contributed by atoms with Gasteiger partial charge in [0.05, 0.1) is 5.75 Å². The topological polar surface area (TPSA) is 43.4 Å². The van der Waals surface area contributed by atoms with Crippen LogP contribution in [0.3, 0.4) is 0 Å². The molecule has 0 aromatic carbocycles. The Balaban J connectivity index is 0. The van der Waals surface area contributed by atoms with Gasteiger partial charge in [-0.25, -0.2) is 3.63 Å². The Morgan fingerprint density at radius 2 is 0.846 bits per heavy atom. The van der Waals surface area contributed by atoms with Crippen LogP contribution < -0.4 is 0 Å². The van der Waals surface area contributed by atoms with Crippen LogP contribution in [-0.4, -0.2) is 43.7 Å². The van der Waals surface area contributed by atoms with E-state index >= 15 is 0 Å². The predicted molar refractivity (Wildman–Crippen MR) is 120 cm³/mol. The Morgan fingerprint density at radius 1 is 0.577 bits per heavy atom. The zero-order chi connectivity index (χ0) is 18.6. The summed E-state index contributed by atoms with van der Waals surface area (Å²) in [5.74, 6) is 0.0925. The van der Waals surface area contributed by atoms with E-state index in [9.17, 15) is 8.42 Å². The van der Waals surface area contributed by atoms with E-state index in [1.165, 1.54) is 96.3 Å². The van der Waals surface area contributed by atoms with Crippen molar-refractivity contribution in [1.82, 2.24) is 0 Å². The Bertz CT molecular complexity index is 362. The van der Waals surface area contributed by atoms with Crippen molar-refractivity contribution in [2.75, 3.05) is 5.75 Å². The van der Waals surface area contributed by atoms with E-state index in [4.69, 9.17) is 0 Å². The van der Waals surface area contributed by atoms with Crippen molar-refractivity contribution in [3.8, 4) is 0 Å². The van der Waals surface area contributed by atoms with Crippen molar-refractivity contribution in [1.29, 1.82) is 0 Å². The van der Waals surface area contributed by atoms with Crippen LogP contribution in [-0.2, 0) is 13.7 Å². The fourth-order valence-electron chi connectivity index (χ4n) is 3.22. The van der Waals surface area contributed by atoms with Gasteiger partial charge in [0, 0.05) is 0 Å². The fourth-order valence-corrected chi connectivity index (χ4v) is 4.07. The molecule has 0 radical (unpaired) electrons. The van der Waals surface area contributed by atoms with Gasteiger partial charge in [0.1, 0.15) is 0 Å². The molecule has 6 heteroatoms. The van der Waals surface area contributed by atoms with Crippen LogP contribution in [0, 0.1) is 0 Å². The molecule has 0 amide bonds. The average Bonchev–Trinajstić information content (AvgIpc) is 2.60. The van der Waals surface area contributed by atoms with E-state index in [-0.39, 0.29) is 35.3 Å². The molecular formula is C20H43NaO3S2. The normalized spacial score (nSPS) is 11.5. The molecule has 0 aliphatic rings. The van der Waals surface area contributed by atoms with E-state index in [1.807, 2.05) is 0 Å². The maximum atomic E-state index is 11.1. The summed E-state index contributed by atoms with van der Waals surface area (Å²) < 4.78 is 26.3. The number of rotatable bonds is 20. The van der Waals surface area contributed by atoms with Crippen LogP contribution >= 0.6 is 12.9 Å². The Kier molecular flexibility index (Phi) is 25.5. The van der Waals surface area contributed by atoms with E-state index in [1.54, 1.807) is 0 Å². The zero-order valence-corrected chi connectivity index (χ0v) is 18.2. The van der Waals surface area contributed by atoms with Crippen molar-refractivity contribution in [3.05, 3.63) is 0 Å². The second-order valence-electron chi connectivity index (χ2n) is 7.35. The van der Waals surface area contributed by atoms with Gasteiger partial charge in [-0.2, -0.15) is 8.42 Å². The first-order valence-electron chi connectivity index (χ1n) is 10.7. The molecule has 0 fully saturated rings. The molecule has 0 aliphatic heterocycles. The number of hydrogen-bond donors (Lipinski definition) is 1. The Hall–Kier alpha value is 1.26. The number of unbranched alkanes of at least 4 members (excludes halogenated alkanes) is 17. The molecule has 0 aromatic rings. The van der Waals surface area contributed by atoms with Gasteiger partial charge in [0.2, 0.25) is 0 Å². The zero-order valence-electron chi connectivity index (χ0n) is 16.5. The van der Waals surface area contributed by atoms with Gasteiger partial charge in [0.15, 0.2) is 0 Å². The van der Waals surface area contributed by atoms with Crippen LogP contribution in [0.2, 0.25) is 0 Å². The third-order valence-electron chi connectivity index (χ3n) is 4.86. The SMILES string of the molecule is CCCCCCCCCCCCCCCCCCCCS(=O)(=O)OS.[NaH]. The molecule has 0 heterocycles. The van der Waals surface area contributed by atoms with Crippen LogP contribution in [0.25, 0.3) is 0 Å². The van der Waals surface area contributed by atoms with Gasteiger partial charge in [-0.1, -0.05) is 116 Å². The molecule has 0 rings (SSSR count). The molecule has 26 heavy (non-hydrogen) atoms. The van der Waals surface area contributed by atoms with Gasteiger partial charge < -0.3 is 0 Å². The van der Waals surface area contributed by atoms with E-state index in [0.29, 0.717) is 6.42 Å². The quantitative estimate of drug-likeness (QED) is 0.105. The van der Waals surface area contributed by atoms with Crippen LogP contribution in [0.1, 0.15) is 122 Å². The van der Waals surface area contributed by atoms with Gasteiger partial charge in [-0.15, -0.1) is 0 Å². The summed E-state index contributed by atoms with van der Waals surface area (Å²) in [6.07, 6.45) is 23.5. The van der Waals surface area contributed by atoms with Crippen molar-refractivity contribution in [3.63, 3.8) is 0 Å². The first-order chi connectivity index (χ1) is 12.1. The molecule has 154 valence electrons.